The van der Waals surface area contributed by atoms with Crippen molar-refractivity contribution in [3.8, 4) is 0 Å². The van der Waals surface area contributed by atoms with Gasteiger partial charge in [-0.05, 0) is 0 Å². The molecule has 0 radical (unpaired) electrons. The average Bonchev–Trinajstić information content (AvgIpc) is 2.05. The topological polar surface area (TPSA) is 0 Å². The summed E-state index contributed by atoms with van der Waals surface area (Å²) < 4.78 is 23.5. The molecule has 0 aliphatic carbocycles. The van der Waals surface area contributed by atoms with E-state index in [-0.39, 0.29) is 6.42 Å². The summed E-state index contributed by atoms with van der Waals surface area (Å²) in [7, 11) is -0.434. The third-order valence-electron chi connectivity index (χ3n) is 1.73. The molecule has 0 heterocycles. The Kier molecular flexibility index (Phi) is 3.94. The van der Waals surface area contributed by atoms with Crippen LogP contribution in [0.2, 0.25) is 6.04 Å². The van der Waals surface area contributed by atoms with E-state index in [4.69, 9.17) is 0 Å². The van der Waals surface area contributed by atoms with E-state index >= 15 is 0 Å². The lowest BCUT2D eigenvalue weighted by atomic mass is 10.4. The fraction of sp³-hybridized carbons (Fsp3) is 0.333. The second-order valence-electron chi connectivity index (χ2n) is 2.77. The van der Waals surface area contributed by atoms with Crippen molar-refractivity contribution in [2.75, 3.05) is 0 Å². The second kappa shape index (κ2) is 5.03. The maximum Gasteiger partial charge on any atom is 0.238 e. The predicted molar refractivity (Wildman–Crippen MR) is 50.0 cm³/mol. The predicted octanol–water partition coefficient (Wildman–Crippen LogP) is 1.55. The van der Waals surface area contributed by atoms with Crippen LogP contribution in [0.1, 0.15) is 6.42 Å². The summed E-state index contributed by atoms with van der Waals surface area (Å²) in [5, 5.41) is 1.28. The molecule has 66 valence electrons. The highest BCUT2D eigenvalue weighted by molar-refractivity contribution is 6.53. The van der Waals surface area contributed by atoms with Gasteiger partial charge in [0.25, 0.3) is 0 Å². The van der Waals surface area contributed by atoms with Crippen LogP contribution in [-0.2, 0) is 0 Å². The fourth-order valence-electron chi connectivity index (χ4n) is 1.11. The van der Waals surface area contributed by atoms with Crippen molar-refractivity contribution < 1.29 is 8.78 Å². The molecular formula is C9H12F2Si. The van der Waals surface area contributed by atoms with Gasteiger partial charge in [0.05, 0.1) is 9.52 Å². The SMILES string of the molecule is FC(F)CC[SiH2]c1ccccc1. The number of rotatable bonds is 4. The van der Waals surface area contributed by atoms with Crippen molar-refractivity contribution in [1.29, 1.82) is 0 Å². The van der Waals surface area contributed by atoms with Crippen molar-refractivity contribution >= 4 is 14.7 Å². The van der Waals surface area contributed by atoms with Gasteiger partial charge in [-0.2, -0.15) is 0 Å². The molecule has 0 fully saturated rings. The van der Waals surface area contributed by atoms with E-state index in [0.717, 1.165) is 0 Å². The van der Waals surface area contributed by atoms with Gasteiger partial charge in [0, 0.05) is 6.42 Å². The van der Waals surface area contributed by atoms with Crippen molar-refractivity contribution in [3.05, 3.63) is 30.3 Å². The van der Waals surface area contributed by atoms with Crippen molar-refractivity contribution in [3.63, 3.8) is 0 Å². The molecule has 0 aliphatic rings. The summed E-state index contributed by atoms with van der Waals surface area (Å²) in [6, 6.07) is 10.6. The minimum absolute atomic E-state index is 0.0706. The van der Waals surface area contributed by atoms with Gasteiger partial charge in [-0.25, -0.2) is 8.78 Å². The zero-order valence-corrected chi connectivity index (χ0v) is 8.26. The molecule has 0 saturated heterocycles. The van der Waals surface area contributed by atoms with E-state index in [1.807, 2.05) is 30.3 Å². The Hall–Kier alpha value is -0.703. The third kappa shape index (κ3) is 3.62. The normalized spacial score (nSPS) is 11.6. The van der Waals surface area contributed by atoms with Crippen molar-refractivity contribution in [1.82, 2.24) is 0 Å². The molecule has 0 saturated carbocycles. The Morgan fingerprint density at radius 3 is 2.42 bits per heavy atom. The summed E-state index contributed by atoms with van der Waals surface area (Å²) in [5.74, 6) is 0. The van der Waals surface area contributed by atoms with Crippen LogP contribution in [0, 0.1) is 0 Å². The number of hydrogen-bond acceptors (Lipinski definition) is 0. The zero-order valence-electron chi connectivity index (χ0n) is 6.84. The largest absolute Gasteiger partial charge is 0.238 e. The van der Waals surface area contributed by atoms with E-state index in [2.05, 4.69) is 0 Å². The number of hydrogen-bond donors (Lipinski definition) is 0. The third-order valence-corrected chi connectivity index (χ3v) is 3.54. The highest BCUT2D eigenvalue weighted by atomic mass is 28.2. The van der Waals surface area contributed by atoms with E-state index in [9.17, 15) is 8.78 Å². The average molecular weight is 186 g/mol. The van der Waals surface area contributed by atoms with Gasteiger partial charge in [-0.3, -0.25) is 0 Å². The van der Waals surface area contributed by atoms with Gasteiger partial charge >= 0.3 is 0 Å². The summed E-state index contributed by atoms with van der Waals surface area (Å²) in [4.78, 5) is 0. The molecule has 0 aromatic heterocycles. The molecule has 0 spiro atoms. The van der Waals surface area contributed by atoms with E-state index < -0.39 is 15.9 Å². The van der Waals surface area contributed by atoms with Crippen LogP contribution in [0.15, 0.2) is 30.3 Å². The molecule has 1 rings (SSSR count). The first-order valence-electron chi connectivity index (χ1n) is 4.11. The smallest absolute Gasteiger partial charge is 0.211 e. The molecule has 1 aromatic rings. The van der Waals surface area contributed by atoms with Crippen LogP contribution < -0.4 is 5.19 Å². The lowest BCUT2D eigenvalue weighted by Gasteiger charge is -1.98. The quantitative estimate of drug-likeness (QED) is 0.626. The van der Waals surface area contributed by atoms with Gasteiger partial charge in [-0.15, -0.1) is 0 Å². The van der Waals surface area contributed by atoms with Crippen LogP contribution in [0.4, 0.5) is 8.78 Å². The zero-order chi connectivity index (χ0) is 8.81. The van der Waals surface area contributed by atoms with E-state index in [0.29, 0.717) is 6.04 Å². The Labute approximate surface area is 73.4 Å². The summed E-state index contributed by atoms with van der Waals surface area (Å²) >= 11 is 0. The maximum atomic E-state index is 11.8. The second-order valence-corrected chi connectivity index (χ2v) is 4.79. The van der Waals surface area contributed by atoms with Gasteiger partial charge in [-0.1, -0.05) is 41.6 Å². The molecule has 0 amide bonds. The van der Waals surface area contributed by atoms with Gasteiger partial charge in [0.1, 0.15) is 0 Å². The lowest BCUT2D eigenvalue weighted by molar-refractivity contribution is 0.144. The first-order valence-corrected chi connectivity index (χ1v) is 5.82. The minimum atomic E-state index is -2.12. The number of alkyl halides is 2. The molecule has 0 atom stereocenters. The van der Waals surface area contributed by atoms with Crippen LogP contribution >= 0.6 is 0 Å². The van der Waals surface area contributed by atoms with Gasteiger partial charge < -0.3 is 0 Å². The Morgan fingerprint density at radius 1 is 1.17 bits per heavy atom. The molecule has 1 aromatic carbocycles. The Bertz CT molecular complexity index is 211. The number of benzene rings is 1. The summed E-state index contributed by atoms with van der Waals surface area (Å²) in [6.07, 6.45) is -2.05. The minimum Gasteiger partial charge on any atom is -0.211 e. The fourth-order valence-corrected chi connectivity index (χ4v) is 2.63. The molecule has 0 N–H and O–H groups in total. The summed E-state index contributed by atoms with van der Waals surface area (Å²) in [6.45, 7) is 0. The highest BCUT2D eigenvalue weighted by Gasteiger charge is 2.01. The van der Waals surface area contributed by atoms with Gasteiger partial charge in [0.2, 0.25) is 6.43 Å². The van der Waals surface area contributed by atoms with Gasteiger partial charge in [0.15, 0.2) is 0 Å². The van der Waals surface area contributed by atoms with Crippen molar-refractivity contribution in [2.45, 2.75) is 18.9 Å². The number of halogens is 2. The molecule has 3 heteroatoms. The first kappa shape index (κ1) is 9.39. The van der Waals surface area contributed by atoms with Crippen molar-refractivity contribution in [2.24, 2.45) is 0 Å². The van der Waals surface area contributed by atoms with E-state index in [1.165, 1.54) is 5.19 Å². The Balaban J connectivity index is 2.25. The molecule has 12 heavy (non-hydrogen) atoms. The van der Waals surface area contributed by atoms with Crippen LogP contribution in [0.5, 0.6) is 0 Å². The first-order chi connectivity index (χ1) is 5.79. The Morgan fingerprint density at radius 2 is 1.83 bits per heavy atom. The summed E-state index contributed by atoms with van der Waals surface area (Å²) in [5.41, 5.74) is 0. The standard InChI is InChI=1S/C9H12F2Si/c10-9(11)6-7-12-8-4-2-1-3-5-8/h1-5,9H,6-7,12H2. The van der Waals surface area contributed by atoms with Crippen LogP contribution in [0.25, 0.3) is 0 Å². The molecule has 0 aliphatic heterocycles. The molecule has 0 nitrogen and oxygen atoms in total. The van der Waals surface area contributed by atoms with E-state index in [1.54, 1.807) is 0 Å². The monoisotopic (exact) mass is 186 g/mol. The maximum absolute atomic E-state index is 11.8. The molecule has 0 unspecified atom stereocenters. The molecule has 0 bridgehead atoms. The highest BCUT2D eigenvalue weighted by Crippen LogP contribution is 2.02. The van der Waals surface area contributed by atoms with Crippen LogP contribution in [-0.4, -0.2) is 15.9 Å². The lowest BCUT2D eigenvalue weighted by Crippen LogP contribution is -2.13. The van der Waals surface area contributed by atoms with Crippen LogP contribution in [0.3, 0.4) is 0 Å². The molecular weight excluding hydrogens is 174 g/mol.